The molecule has 0 saturated heterocycles. The van der Waals surface area contributed by atoms with Crippen LogP contribution in [-0.2, 0) is 0 Å². The number of hydrogen-bond donors (Lipinski definition) is 1. The first-order chi connectivity index (χ1) is 4.63. The van der Waals surface area contributed by atoms with E-state index in [9.17, 15) is 8.78 Å². The summed E-state index contributed by atoms with van der Waals surface area (Å²) in [6.07, 6.45) is -2.52. The molecule has 5 heteroatoms. The maximum absolute atomic E-state index is 11.9. The van der Waals surface area contributed by atoms with Gasteiger partial charge in [-0.15, -0.1) is 11.3 Å². The van der Waals surface area contributed by atoms with E-state index < -0.39 is 6.43 Å². The molecule has 10 heavy (non-hydrogen) atoms. The fourth-order valence-electron chi connectivity index (χ4n) is 0.529. The average Bonchev–Trinajstić information content (AvgIpc) is 2.14. The van der Waals surface area contributed by atoms with Crippen LogP contribution < -0.4 is 5.73 Å². The molecule has 0 fully saturated rings. The van der Waals surface area contributed by atoms with Crippen LogP contribution in [0.2, 0.25) is 5.02 Å². The van der Waals surface area contributed by atoms with Gasteiger partial charge in [0.15, 0.2) is 0 Å². The summed E-state index contributed by atoms with van der Waals surface area (Å²) in [5.74, 6) is 0. The van der Waals surface area contributed by atoms with Crippen LogP contribution in [0.1, 0.15) is 11.3 Å². The van der Waals surface area contributed by atoms with E-state index in [0.29, 0.717) is 0 Å². The molecule has 0 radical (unpaired) electrons. The molecule has 0 spiro atoms. The topological polar surface area (TPSA) is 26.0 Å². The molecule has 0 aromatic carbocycles. The standard InChI is InChI=1S/C5H4ClF2NS/c6-2-1-10-4(3(2)9)5(7)8/h1,5H,9H2. The van der Waals surface area contributed by atoms with Gasteiger partial charge in [0.25, 0.3) is 6.43 Å². The van der Waals surface area contributed by atoms with E-state index in [1.807, 2.05) is 0 Å². The highest BCUT2D eigenvalue weighted by molar-refractivity contribution is 7.11. The Labute approximate surface area is 65.4 Å². The van der Waals surface area contributed by atoms with Gasteiger partial charge in [-0.05, 0) is 0 Å². The van der Waals surface area contributed by atoms with Crippen LogP contribution in [0.15, 0.2) is 5.38 Å². The minimum atomic E-state index is -2.52. The minimum absolute atomic E-state index is 0.00154. The summed E-state index contributed by atoms with van der Waals surface area (Å²) in [6, 6.07) is 0. The quantitative estimate of drug-likeness (QED) is 0.712. The lowest BCUT2D eigenvalue weighted by atomic mass is 10.4. The average molecular weight is 184 g/mol. The third-order valence-corrected chi connectivity index (χ3v) is 2.46. The van der Waals surface area contributed by atoms with E-state index in [-0.39, 0.29) is 15.6 Å². The number of hydrogen-bond acceptors (Lipinski definition) is 2. The number of halogens is 3. The van der Waals surface area contributed by atoms with Gasteiger partial charge in [-0.25, -0.2) is 8.78 Å². The molecule has 0 saturated carbocycles. The van der Waals surface area contributed by atoms with Crippen LogP contribution in [0, 0.1) is 0 Å². The third-order valence-electron chi connectivity index (χ3n) is 1.01. The molecule has 0 aliphatic heterocycles. The van der Waals surface area contributed by atoms with Crippen LogP contribution in [0.4, 0.5) is 14.5 Å². The summed E-state index contributed by atoms with van der Waals surface area (Å²) >= 11 is 6.30. The van der Waals surface area contributed by atoms with Crippen LogP contribution in [-0.4, -0.2) is 0 Å². The van der Waals surface area contributed by atoms with E-state index >= 15 is 0 Å². The summed E-state index contributed by atoms with van der Waals surface area (Å²) in [6.45, 7) is 0. The second kappa shape index (κ2) is 2.72. The lowest BCUT2D eigenvalue weighted by Crippen LogP contribution is -1.88. The van der Waals surface area contributed by atoms with Crippen molar-refractivity contribution in [2.75, 3.05) is 5.73 Å². The van der Waals surface area contributed by atoms with Crippen molar-refractivity contribution < 1.29 is 8.78 Å². The Morgan fingerprint density at radius 3 is 2.40 bits per heavy atom. The fourth-order valence-corrected chi connectivity index (χ4v) is 1.52. The highest BCUT2D eigenvalue weighted by Crippen LogP contribution is 2.36. The number of thiophene rings is 1. The second-order valence-corrected chi connectivity index (χ2v) is 2.98. The van der Waals surface area contributed by atoms with Crippen molar-refractivity contribution in [1.82, 2.24) is 0 Å². The van der Waals surface area contributed by atoms with Crippen LogP contribution in [0.3, 0.4) is 0 Å². The SMILES string of the molecule is Nc1c(Cl)csc1C(F)F. The molecule has 0 atom stereocenters. The number of rotatable bonds is 1. The van der Waals surface area contributed by atoms with Gasteiger partial charge in [0.1, 0.15) is 0 Å². The van der Waals surface area contributed by atoms with Crippen molar-refractivity contribution in [2.45, 2.75) is 6.43 Å². The van der Waals surface area contributed by atoms with Gasteiger partial charge in [-0.2, -0.15) is 0 Å². The fraction of sp³-hybridized carbons (Fsp3) is 0.200. The second-order valence-electron chi connectivity index (χ2n) is 1.66. The Hall–Kier alpha value is -0.350. The highest BCUT2D eigenvalue weighted by atomic mass is 35.5. The molecule has 2 N–H and O–H groups in total. The Morgan fingerprint density at radius 2 is 2.20 bits per heavy atom. The summed E-state index contributed by atoms with van der Waals surface area (Å²) in [4.78, 5) is -0.148. The van der Waals surface area contributed by atoms with Crippen molar-refractivity contribution in [2.24, 2.45) is 0 Å². The van der Waals surface area contributed by atoms with E-state index in [2.05, 4.69) is 0 Å². The van der Waals surface area contributed by atoms with Gasteiger partial charge >= 0.3 is 0 Å². The Morgan fingerprint density at radius 1 is 1.60 bits per heavy atom. The van der Waals surface area contributed by atoms with Gasteiger partial charge in [-0.3, -0.25) is 0 Å². The minimum Gasteiger partial charge on any atom is -0.396 e. The first-order valence-corrected chi connectivity index (χ1v) is 3.69. The largest absolute Gasteiger partial charge is 0.396 e. The maximum Gasteiger partial charge on any atom is 0.274 e. The zero-order valence-corrected chi connectivity index (χ0v) is 6.35. The summed E-state index contributed by atoms with van der Waals surface area (Å²) in [7, 11) is 0. The molecule has 1 heterocycles. The van der Waals surface area contributed by atoms with Gasteiger partial charge in [0, 0.05) is 5.38 Å². The molecule has 0 aliphatic carbocycles. The highest BCUT2D eigenvalue weighted by Gasteiger charge is 2.15. The van der Waals surface area contributed by atoms with Gasteiger partial charge in [0.2, 0.25) is 0 Å². The molecule has 1 aromatic rings. The molecule has 1 aromatic heterocycles. The Bertz CT molecular complexity index is 236. The van der Waals surface area contributed by atoms with Crippen LogP contribution in [0.25, 0.3) is 0 Å². The van der Waals surface area contributed by atoms with Crippen LogP contribution >= 0.6 is 22.9 Å². The lowest BCUT2D eigenvalue weighted by Gasteiger charge is -1.94. The Balaban J connectivity index is 3.05. The number of alkyl halides is 2. The van der Waals surface area contributed by atoms with Gasteiger partial charge in [0.05, 0.1) is 15.6 Å². The van der Waals surface area contributed by atoms with Crippen molar-refractivity contribution in [3.63, 3.8) is 0 Å². The van der Waals surface area contributed by atoms with E-state index in [1.54, 1.807) is 0 Å². The molecule has 1 nitrogen and oxygen atoms in total. The maximum atomic E-state index is 11.9. The monoisotopic (exact) mass is 183 g/mol. The summed E-state index contributed by atoms with van der Waals surface area (Å²) < 4.78 is 23.8. The van der Waals surface area contributed by atoms with Crippen molar-refractivity contribution >= 4 is 28.6 Å². The number of nitrogen functional groups attached to an aromatic ring is 1. The van der Waals surface area contributed by atoms with Crippen molar-refractivity contribution in [3.05, 3.63) is 15.3 Å². The zero-order chi connectivity index (χ0) is 7.72. The lowest BCUT2D eigenvalue weighted by molar-refractivity contribution is 0.156. The summed E-state index contributed by atoms with van der Waals surface area (Å²) in [5, 5.41) is 1.61. The zero-order valence-electron chi connectivity index (χ0n) is 4.77. The van der Waals surface area contributed by atoms with E-state index in [4.69, 9.17) is 17.3 Å². The first kappa shape index (κ1) is 7.75. The van der Waals surface area contributed by atoms with Crippen molar-refractivity contribution in [3.8, 4) is 0 Å². The van der Waals surface area contributed by atoms with Crippen LogP contribution in [0.5, 0.6) is 0 Å². The third kappa shape index (κ3) is 1.22. The molecule has 0 bridgehead atoms. The predicted molar refractivity (Wildman–Crippen MR) is 38.7 cm³/mol. The number of anilines is 1. The Kier molecular flexibility index (Phi) is 2.11. The molecular weight excluding hydrogens is 180 g/mol. The molecular formula is C5H4ClF2NS. The van der Waals surface area contributed by atoms with Gasteiger partial charge < -0.3 is 5.73 Å². The molecule has 0 aliphatic rings. The predicted octanol–water partition coefficient (Wildman–Crippen LogP) is 2.92. The number of nitrogens with two attached hydrogens (primary N) is 1. The first-order valence-electron chi connectivity index (χ1n) is 2.43. The van der Waals surface area contributed by atoms with Crippen molar-refractivity contribution in [1.29, 1.82) is 0 Å². The molecule has 1 rings (SSSR count). The normalized spacial score (nSPS) is 10.8. The molecule has 0 amide bonds. The summed E-state index contributed by atoms with van der Waals surface area (Å²) in [5.41, 5.74) is 5.20. The van der Waals surface area contributed by atoms with Gasteiger partial charge in [-0.1, -0.05) is 11.6 Å². The molecule has 0 unspecified atom stereocenters. The van der Waals surface area contributed by atoms with E-state index in [1.165, 1.54) is 5.38 Å². The van der Waals surface area contributed by atoms with E-state index in [0.717, 1.165) is 11.3 Å². The smallest absolute Gasteiger partial charge is 0.274 e. The molecule has 56 valence electrons.